The van der Waals surface area contributed by atoms with Gasteiger partial charge in [-0.25, -0.2) is 0 Å². The summed E-state index contributed by atoms with van der Waals surface area (Å²) in [6.07, 6.45) is 1.01. The Kier molecular flexibility index (Phi) is 3.16. The maximum atomic E-state index is 12.3. The fourth-order valence-electron chi connectivity index (χ4n) is 2.52. The highest BCUT2D eigenvalue weighted by molar-refractivity contribution is 5.97. The normalized spacial score (nSPS) is 25.5. The molecule has 0 saturated carbocycles. The van der Waals surface area contributed by atoms with E-state index in [2.05, 4.69) is 16.0 Å². The molecule has 2 aliphatic rings. The molecule has 0 aliphatic carbocycles. The third-order valence-electron chi connectivity index (χ3n) is 3.72. The second-order valence-corrected chi connectivity index (χ2v) is 5.26. The van der Waals surface area contributed by atoms with Crippen molar-refractivity contribution >= 4 is 17.3 Å². The summed E-state index contributed by atoms with van der Waals surface area (Å²) in [5.41, 5.74) is 2.48. The third kappa shape index (κ3) is 2.43. The Morgan fingerprint density at radius 2 is 2.32 bits per heavy atom. The van der Waals surface area contributed by atoms with Gasteiger partial charge in [0.15, 0.2) is 5.60 Å². The van der Waals surface area contributed by atoms with Crippen LogP contribution in [0.2, 0.25) is 0 Å². The van der Waals surface area contributed by atoms with Crippen molar-refractivity contribution in [2.45, 2.75) is 18.9 Å². The molecule has 0 bridgehead atoms. The van der Waals surface area contributed by atoms with E-state index in [-0.39, 0.29) is 5.91 Å². The van der Waals surface area contributed by atoms with Gasteiger partial charge in [0, 0.05) is 31.0 Å². The Morgan fingerprint density at radius 3 is 3.11 bits per heavy atom. The number of fused-ring (bicyclic) bond motifs is 1. The lowest BCUT2D eigenvalue weighted by Crippen LogP contribution is -2.55. The van der Waals surface area contributed by atoms with Crippen LogP contribution in [0.5, 0.6) is 0 Å². The van der Waals surface area contributed by atoms with Crippen molar-refractivity contribution < 1.29 is 9.53 Å². The van der Waals surface area contributed by atoms with Crippen molar-refractivity contribution in [1.29, 1.82) is 0 Å². The molecule has 2 aliphatic heterocycles. The molecule has 1 unspecified atom stereocenters. The van der Waals surface area contributed by atoms with E-state index >= 15 is 0 Å². The minimum atomic E-state index is -0.782. The van der Waals surface area contributed by atoms with Crippen LogP contribution in [-0.4, -0.2) is 37.7 Å². The molecule has 0 spiro atoms. The van der Waals surface area contributed by atoms with Gasteiger partial charge >= 0.3 is 0 Å². The number of carbonyl (C=O) groups is 1. The minimum Gasteiger partial charge on any atom is -0.384 e. The van der Waals surface area contributed by atoms with Crippen molar-refractivity contribution in [1.82, 2.24) is 5.32 Å². The van der Waals surface area contributed by atoms with Crippen molar-refractivity contribution in [3.63, 3.8) is 0 Å². The van der Waals surface area contributed by atoms with Gasteiger partial charge in [0.05, 0.1) is 6.61 Å². The number of ether oxygens (including phenoxy) is 1. The van der Waals surface area contributed by atoms with Crippen LogP contribution in [0, 0.1) is 0 Å². The number of morpholine rings is 1. The first-order valence-corrected chi connectivity index (χ1v) is 6.70. The van der Waals surface area contributed by atoms with Crippen LogP contribution in [0.25, 0.3) is 0 Å². The van der Waals surface area contributed by atoms with Gasteiger partial charge < -0.3 is 20.7 Å². The summed E-state index contributed by atoms with van der Waals surface area (Å²) in [5, 5.41) is 9.44. The summed E-state index contributed by atoms with van der Waals surface area (Å²) >= 11 is 0. The smallest absolute Gasteiger partial charge is 0.257 e. The predicted octanol–water partition coefficient (Wildman–Crippen LogP) is 0.972. The molecule has 19 heavy (non-hydrogen) atoms. The number of carbonyl (C=O) groups excluding carboxylic acids is 1. The Hall–Kier alpha value is -1.59. The van der Waals surface area contributed by atoms with Gasteiger partial charge in [-0.05, 0) is 37.1 Å². The summed E-state index contributed by atoms with van der Waals surface area (Å²) in [4.78, 5) is 12.3. The molecule has 0 radical (unpaired) electrons. The van der Waals surface area contributed by atoms with Crippen LogP contribution in [-0.2, 0) is 16.0 Å². The van der Waals surface area contributed by atoms with E-state index in [9.17, 15) is 4.79 Å². The maximum Gasteiger partial charge on any atom is 0.257 e. The van der Waals surface area contributed by atoms with E-state index in [0.29, 0.717) is 13.2 Å². The lowest BCUT2D eigenvalue weighted by Gasteiger charge is -2.32. The van der Waals surface area contributed by atoms with Gasteiger partial charge in [-0.2, -0.15) is 0 Å². The first kappa shape index (κ1) is 12.4. The van der Waals surface area contributed by atoms with Crippen molar-refractivity contribution in [2.24, 2.45) is 0 Å². The van der Waals surface area contributed by atoms with Crippen LogP contribution in [0.1, 0.15) is 12.5 Å². The zero-order valence-corrected chi connectivity index (χ0v) is 11.1. The number of anilines is 2. The number of hydrogen-bond acceptors (Lipinski definition) is 4. The minimum absolute atomic E-state index is 0.0920. The van der Waals surface area contributed by atoms with Crippen LogP contribution < -0.4 is 16.0 Å². The van der Waals surface area contributed by atoms with Gasteiger partial charge in [0.2, 0.25) is 0 Å². The summed E-state index contributed by atoms with van der Waals surface area (Å²) in [6, 6.07) is 5.97. The lowest BCUT2D eigenvalue weighted by molar-refractivity contribution is -0.142. The molecular formula is C14H19N3O2. The molecule has 2 heterocycles. The molecule has 102 valence electrons. The van der Waals surface area contributed by atoms with Crippen molar-refractivity contribution in [2.75, 3.05) is 36.9 Å². The topological polar surface area (TPSA) is 62.4 Å². The van der Waals surface area contributed by atoms with Crippen LogP contribution >= 0.6 is 0 Å². The van der Waals surface area contributed by atoms with Crippen LogP contribution in [0.15, 0.2) is 18.2 Å². The average molecular weight is 261 g/mol. The largest absolute Gasteiger partial charge is 0.384 e. The molecule has 3 N–H and O–H groups in total. The summed E-state index contributed by atoms with van der Waals surface area (Å²) < 4.78 is 5.61. The van der Waals surface area contributed by atoms with Gasteiger partial charge in [0.25, 0.3) is 5.91 Å². The van der Waals surface area contributed by atoms with Gasteiger partial charge in [-0.1, -0.05) is 0 Å². The highest BCUT2D eigenvalue weighted by Gasteiger charge is 2.36. The van der Waals surface area contributed by atoms with Gasteiger partial charge in [-0.15, -0.1) is 0 Å². The van der Waals surface area contributed by atoms with E-state index < -0.39 is 5.60 Å². The third-order valence-corrected chi connectivity index (χ3v) is 3.72. The number of hydrogen-bond donors (Lipinski definition) is 3. The maximum absolute atomic E-state index is 12.3. The first-order chi connectivity index (χ1) is 9.17. The summed E-state index contributed by atoms with van der Waals surface area (Å²) in [7, 11) is 0. The quantitative estimate of drug-likeness (QED) is 0.742. The van der Waals surface area contributed by atoms with E-state index in [1.54, 1.807) is 0 Å². The zero-order valence-electron chi connectivity index (χ0n) is 11.1. The Morgan fingerprint density at radius 1 is 1.42 bits per heavy atom. The van der Waals surface area contributed by atoms with E-state index in [4.69, 9.17) is 4.74 Å². The Balaban J connectivity index is 1.72. The van der Waals surface area contributed by atoms with E-state index in [1.807, 2.05) is 25.1 Å². The summed E-state index contributed by atoms with van der Waals surface area (Å²) in [6.45, 7) is 4.71. The second kappa shape index (κ2) is 4.83. The molecule has 5 nitrogen and oxygen atoms in total. The molecule has 1 fully saturated rings. The van der Waals surface area contributed by atoms with Crippen molar-refractivity contribution in [3.05, 3.63) is 23.8 Å². The fourth-order valence-corrected chi connectivity index (χ4v) is 2.52. The first-order valence-electron chi connectivity index (χ1n) is 6.70. The SMILES string of the molecule is CC1(C(=O)Nc2ccc3c(c2)CCN3)CNCCO1. The fraction of sp³-hybridized carbons (Fsp3) is 0.500. The Labute approximate surface area is 112 Å². The highest BCUT2D eigenvalue weighted by atomic mass is 16.5. The van der Waals surface area contributed by atoms with E-state index in [0.717, 1.165) is 25.2 Å². The predicted molar refractivity (Wildman–Crippen MR) is 74.5 cm³/mol. The molecule has 1 atom stereocenters. The lowest BCUT2D eigenvalue weighted by atomic mass is 10.0. The zero-order chi connectivity index (χ0) is 13.3. The molecule has 1 aromatic rings. The van der Waals surface area contributed by atoms with Gasteiger partial charge in [0.1, 0.15) is 0 Å². The molecular weight excluding hydrogens is 242 g/mol. The number of nitrogens with one attached hydrogen (secondary N) is 3. The number of rotatable bonds is 2. The summed E-state index contributed by atoms with van der Waals surface area (Å²) in [5.74, 6) is -0.0920. The second-order valence-electron chi connectivity index (χ2n) is 5.26. The number of benzene rings is 1. The number of amides is 1. The average Bonchev–Trinajstić information content (AvgIpc) is 2.87. The molecule has 1 aromatic carbocycles. The molecule has 0 aromatic heterocycles. The molecule has 3 rings (SSSR count). The standard InChI is InChI=1S/C14H19N3O2/c1-14(9-15-6-7-19-14)13(18)17-11-2-3-12-10(8-11)4-5-16-12/h2-3,8,15-16H,4-7,9H2,1H3,(H,17,18). The van der Waals surface area contributed by atoms with Crippen molar-refractivity contribution in [3.8, 4) is 0 Å². The van der Waals surface area contributed by atoms with E-state index in [1.165, 1.54) is 11.3 Å². The highest BCUT2D eigenvalue weighted by Crippen LogP contribution is 2.26. The van der Waals surface area contributed by atoms with Crippen LogP contribution in [0.3, 0.4) is 0 Å². The molecule has 5 heteroatoms. The van der Waals surface area contributed by atoms with Gasteiger partial charge in [-0.3, -0.25) is 4.79 Å². The monoisotopic (exact) mass is 261 g/mol. The molecule has 1 amide bonds. The Bertz CT molecular complexity index is 495. The van der Waals surface area contributed by atoms with Crippen LogP contribution in [0.4, 0.5) is 11.4 Å². The molecule has 1 saturated heterocycles.